The Hall–Kier alpha value is -3.08. The highest BCUT2D eigenvalue weighted by Gasteiger charge is 2.22. The van der Waals surface area contributed by atoms with Crippen LogP contribution in [-0.2, 0) is 24.1 Å². The van der Waals surface area contributed by atoms with Gasteiger partial charge in [-0.1, -0.05) is 13.0 Å². The number of oxazole rings is 1. The quantitative estimate of drug-likeness (QED) is 0.556. The number of hydrogen-bond acceptors (Lipinski definition) is 5. The standard InChI is InChI=1S/C24H25NO4/c1-2-23-22(25-24(29-23)17-5-7-19(27)8-6-17)12-14-28-20-9-10-21-16(11-13-26)3-4-18(21)15-20/h5-10,13,15-16,27H,2-4,11-12,14H2,1H3. The van der Waals surface area contributed by atoms with E-state index in [0.29, 0.717) is 31.3 Å². The molecule has 1 aliphatic rings. The number of carbonyl (C=O) groups excluding carboxylic acids is 1. The van der Waals surface area contributed by atoms with E-state index in [1.807, 2.05) is 13.0 Å². The van der Waals surface area contributed by atoms with Crippen LogP contribution < -0.4 is 4.74 Å². The largest absolute Gasteiger partial charge is 0.508 e. The number of aryl methyl sites for hydroxylation is 2. The summed E-state index contributed by atoms with van der Waals surface area (Å²) in [5.41, 5.74) is 4.32. The average Bonchev–Trinajstić information content (AvgIpc) is 3.33. The summed E-state index contributed by atoms with van der Waals surface area (Å²) in [6, 6.07) is 13.0. The molecule has 0 spiro atoms. The third kappa shape index (κ3) is 4.19. The molecule has 0 saturated heterocycles. The van der Waals surface area contributed by atoms with Gasteiger partial charge in [-0.3, -0.25) is 0 Å². The minimum atomic E-state index is 0.219. The van der Waals surface area contributed by atoms with Crippen LogP contribution >= 0.6 is 0 Å². The minimum absolute atomic E-state index is 0.219. The fourth-order valence-electron chi connectivity index (χ4n) is 3.98. The molecular weight excluding hydrogens is 366 g/mol. The number of aldehydes is 1. The van der Waals surface area contributed by atoms with Gasteiger partial charge in [-0.15, -0.1) is 0 Å². The summed E-state index contributed by atoms with van der Waals surface area (Å²) in [5.74, 6) is 2.86. The molecule has 0 aliphatic heterocycles. The normalized spacial score (nSPS) is 15.3. The van der Waals surface area contributed by atoms with E-state index < -0.39 is 0 Å². The average molecular weight is 391 g/mol. The van der Waals surface area contributed by atoms with Crippen molar-refractivity contribution in [3.05, 3.63) is 65.0 Å². The lowest BCUT2D eigenvalue weighted by molar-refractivity contribution is -0.108. The van der Waals surface area contributed by atoms with Gasteiger partial charge >= 0.3 is 0 Å². The van der Waals surface area contributed by atoms with Crippen molar-refractivity contribution in [2.75, 3.05) is 6.61 Å². The second kappa shape index (κ2) is 8.52. The third-order valence-electron chi connectivity index (χ3n) is 5.52. The first-order valence-electron chi connectivity index (χ1n) is 10.1. The molecule has 0 amide bonds. The number of nitrogens with zero attached hydrogens (tertiary/aromatic N) is 1. The molecule has 0 fully saturated rings. The van der Waals surface area contributed by atoms with E-state index >= 15 is 0 Å². The molecule has 5 heteroatoms. The molecular formula is C24H25NO4. The van der Waals surface area contributed by atoms with Crippen molar-refractivity contribution in [1.29, 1.82) is 0 Å². The number of benzene rings is 2. The molecule has 5 nitrogen and oxygen atoms in total. The number of aromatic hydroxyl groups is 1. The Bertz CT molecular complexity index is 991. The molecule has 0 bridgehead atoms. The fourth-order valence-corrected chi connectivity index (χ4v) is 3.98. The van der Waals surface area contributed by atoms with E-state index in [2.05, 4.69) is 17.1 Å². The van der Waals surface area contributed by atoms with Crippen LogP contribution in [0, 0.1) is 0 Å². The maximum atomic E-state index is 10.8. The molecule has 150 valence electrons. The number of phenolic OH excluding ortho intramolecular Hbond substituents is 1. The molecule has 1 heterocycles. The van der Waals surface area contributed by atoms with Crippen molar-refractivity contribution < 1.29 is 19.1 Å². The van der Waals surface area contributed by atoms with Crippen LogP contribution in [0.2, 0.25) is 0 Å². The lowest BCUT2D eigenvalue weighted by Gasteiger charge is -2.10. The molecule has 0 radical (unpaired) electrons. The second-order valence-electron chi connectivity index (χ2n) is 7.39. The van der Waals surface area contributed by atoms with Crippen LogP contribution in [0.15, 0.2) is 46.9 Å². The molecule has 2 aromatic carbocycles. The number of fused-ring (bicyclic) bond motifs is 1. The van der Waals surface area contributed by atoms with Gasteiger partial charge in [0.1, 0.15) is 23.5 Å². The van der Waals surface area contributed by atoms with Crippen LogP contribution in [0.1, 0.15) is 48.3 Å². The van der Waals surface area contributed by atoms with Crippen molar-refractivity contribution in [2.45, 2.75) is 44.9 Å². The Balaban J connectivity index is 1.41. The number of hydrogen-bond donors (Lipinski definition) is 1. The van der Waals surface area contributed by atoms with Crippen LogP contribution in [0.25, 0.3) is 11.5 Å². The van der Waals surface area contributed by atoms with E-state index in [-0.39, 0.29) is 5.75 Å². The lowest BCUT2D eigenvalue weighted by Crippen LogP contribution is -2.04. The van der Waals surface area contributed by atoms with Crippen LogP contribution in [-0.4, -0.2) is 23.0 Å². The Labute approximate surface area is 170 Å². The zero-order chi connectivity index (χ0) is 20.2. The van der Waals surface area contributed by atoms with Gasteiger partial charge in [-0.2, -0.15) is 0 Å². The fraction of sp³-hybridized carbons (Fsp3) is 0.333. The van der Waals surface area contributed by atoms with Crippen LogP contribution in [0.3, 0.4) is 0 Å². The summed E-state index contributed by atoms with van der Waals surface area (Å²) < 4.78 is 11.9. The molecule has 1 aliphatic carbocycles. The molecule has 1 aromatic heterocycles. The molecule has 4 rings (SSSR count). The second-order valence-corrected chi connectivity index (χ2v) is 7.39. The lowest BCUT2D eigenvalue weighted by atomic mass is 9.99. The minimum Gasteiger partial charge on any atom is -0.508 e. The monoisotopic (exact) mass is 391 g/mol. The summed E-state index contributed by atoms with van der Waals surface area (Å²) in [7, 11) is 0. The Morgan fingerprint density at radius 1 is 1.24 bits per heavy atom. The van der Waals surface area contributed by atoms with Gasteiger partial charge in [0.2, 0.25) is 5.89 Å². The van der Waals surface area contributed by atoms with Gasteiger partial charge in [-0.25, -0.2) is 4.98 Å². The predicted molar refractivity (Wildman–Crippen MR) is 110 cm³/mol. The number of ether oxygens (including phenoxy) is 1. The Kier molecular flexibility index (Phi) is 5.65. The highest BCUT2D eigenvalue weighted by Crippen LogP contribution is 2.36. The highest BCUT2D eigenvalue weighted by molar-refractivity contribution is 5.55. The molecule has 1 N–H and O–H groups in total. The van der Waals surface area contributed by atoms with Crippen molar-refractivity contribution in [3.8, 4) is 23.0 Å². The van der Waals surface area contributed by atoms with E-state index in [9.17, 15) is 9.90 Å². The molecule has 1 atom stereocenters. The summed E-state index contributed by atoms with van der Waals surface area (Å²) in [6.45, 7) is 2.56. The van der Waals surface area contributed by atoms with Gasteiger partial charge in [-0.05, 0) is 66.3 Å². The Morgan fingerprint density at radius 2 is 2.07 bits per heavy atom. The van der Waals surface area contributed by atoms with Crippen LogP contribution in [0.5, 0.6) is 11.5 Å². The van der Waals surface area contributed by atoms with E-state index in [4.69, 9.17) is 9.15 Å². The SMILES string of the molecule is CCc1oc(-c2ccc(O)cc2)nc1CCOc1ccc2c(c1)CCC2CC=O. The topological polar surface area (TPSA) is 72.6 Å². The van der Waals surface area contributed by atoms with Gasteiger partial charge in [0.15, 0.2) is 0 Å². The predicted octanol–water partition coefficient (Wildman–Crippen LogP) is 4.85. The first-order chi connectivity index (χ1) is 14.2. The zero-order valence-corrected chi connectivity index (χ0v) is 16.6. The first-order valence-corrected chi connectivity index (χ1v) is 10.1. The number of aromatic nitrogens is 1. The van der Waals surface area contributed by atoms with E-state index in [0.717, 1.165) is 48.3 Å². The highest BCUT2D eigenvalue weighted by atomic mass is 16.5. The Morgan fingerprint density at radius 3 is 2.83 bits per heavy atom. The van der Waals surface area contributed by atoms with Crippen molar-refractivity contribution in [1.82, 2.24) is 4.98 Å². The summed E-state index contributed by atoms with van der Waals surface area (Å²) in [5, 5.41) is 9.45. The number of rotatable bonds is 8. The molecule has 0 saturated carbocycles. The van der Waals surface area contributed by atoms with E-state index in [1.54, 1.807) is 24.3 Å². The summed E-state index contributed by atoms with van der Waals surface area (Å²) >= 11 is 0. The number of phenols is 1. The van der Waals surface area contributed by atoms with Gasteiger partial charge in [0, 0.05) is 24.8 Å². The maximum absolute atomic E-state index is 10.8. The molecule has 29 heavy (non-hydrogen) atoms. The van der Waals surface area contributed by atoms with Crippen molar-refractivity contribution in [2.24, 2.45) is 0 Å². The zero-order valence-electron chi connectivity index (χ0n) is 16.6. The summed E-state index contributed by atoms with van der Waals surface area (Å²) in [4.78, 5) is 15.5. The molecule has 3 aromatic rings. The van der Waals surface area contributed by atoms with Crippen molar-refractivity contribution in [3.63, 3.8) is 0 Å². The number of carbonyl (C=O) groups is 1. The van der Waals surface area contributed by atoms with E-state index in [1.165, 1.54) is 11.1 Å². The molecule has 1 unspecified atom stereocenters. The first kappa shape index (κ1) is 19.2. The third-order valence-corrected chi connectivity index (χ3v) is 5.52. The smallest absolute Gasteiger partial charge is 0.226 e. The van der Waals surface area contributed by atoms with Crippen molar-refractivity contribution >= 4 is 6.29 Å². The maximum Gasteiger partial charge on any atom is 0.226 e. The van der Waals surface area contributed by atoms with Gasteiger partial charge in [0.25, 0.3) is 0 Å². The summed E-state index contributed by atoms with van der Waals surface area (Å²) in [6.07, 6.45) is 5.08. The van der Waals surface area contributed by atoms with Gasteiger partial charge in [0.05, 0.1) is 12.3 Å². The van der Waals surface area contributed by atoms with Gasteiger partial charge < -0.3 is 19.1 Å². The van der Waals surface area contributed by atoms with Crippen LogP contribution in [0.4, 0.5) is 0 Å².